The Morgan fingerprint density at radius 3 is 2.64 bits per heavy atom. The van der Waals surface area contributed by atoms with Crippen molar-refractivity contribution in [3.8, 4) is 11.5 Å². The predicted molar refractivity (Wildman–Crippen MR) is 125 cm³/mol. The van der Waals surface area contributed by atoms with Crippen LogP contribution in [0.25, 0.3) is 11.5 Å². The molecular weight excluding hydrogens is 465 g/mol. The Balaban J connectivity index is 0.00000280. The topological polar surface area (TPSA) is 56.9 Å². The highest BCUT2D eigenvalue weighted by Gasteiger charge is 2.28. The van der Waals surface area contributed by atoms with Crippen molar-refractivity contribution in [2.75, 3.05) is 33.2 Å². The molecule has 6 nitrogen and oxygen atoms in total. The molecular formula is C21H32IN5O. The van der Waals surface area contributed by atoms with E-state index in [9.17, 15) is 0 Å². The van der Waals surface area contributed by atoms with E-state index in [0.29, 0.717) is 18.5 Å². The predicted octanol–water partition coefficient (Wildman–Crippen LogP) is 3.76. The molecule has 1 unspecified atom stereocenters. The number of aromatic nitrogens is 1. The molecule has 0 spiro atoms. The highest BCUT2D eigenvalue weighted by atomic mass is 127. The molecule has 1 atom stereocenters. The summed E-state index contributed by atoms with van der Waals surface area (Å²) in [6.07, 6.45) is 2.90. The third-order valence-corrected chi connectivity index (χ3v) is 5.28. The molecule has 1 aliphatic rings. The van der Waals surface area contributed by atoms with Crippen LogP contribution >= 0.6 is 24.0 Å². The Labute approximate surface area is 185 Å². The number of likely N-dealkylation sites (tertiary alicyclic amines) is 1. The summed E-state index contributed by atoms with van der Waals surface area (Å²) in [5, 5.41) is 3.43. The molecule has 1 aromatic carbocycles. The van der Waals surface area contributed by atoms with Crippen LogP contribution in [-0.2, 0) is 6.54 Å². The van der Waals surface area contributed by atoms with Crippen molar-refractivity contribution in [1.82, 2.24) is 20.1 Å². The smallest absolute Gasteiger partial charge is 0.226 e. The molecule has 154 valence electrons. The summed E-state index contributed by atoms with van der Waals surface area (Å²) in [7, 11) is 1.84. The van der Waals surface area contributed by atoms with E-state index in [1.807, 2.05) is 19.2 Å². The van der Waals surface area contributed by atoms with Gasteiger partial charge < -0.3 is 14.6 Å². The molecule has 0 saturated carbocycles. The average molecular weight is 497 g/mol. The van der Waals surface area contributed by atoms with E-state index >= 15 is 0 Å². The van der Waals surface area contributed by atoms with Crippen LogP contribution in [-0.4, -0.2) is 60.0 Å². The number of nitrogens with one attached hydrogen (secondary N) is 1. The fourth-order valence-corrected chi connectivity index (χ4v) is 3.69. The number of hydrogen-bond acceptors (Lipinski definition) is 4. The van der Waals surface area contributed by atoms with Gasteiger partial charge in [-0.2, -0.15) is 0 Å². The minimum absolute atomic E-state index is 0. The van der Waals surface area contributed by atoms with Crippen LogP contribution in [0.15, 0.2) is 39.9 Å². The number of benzene rings is 1. The van der Waals surface area contributed by atoms with Gasteiger partial charge in [0, 0.05) is 31.7 Å². The number of guanidine groups is 1. The van der Waals surface area contributed by atoms with Gasteiger partial charge in [0.25, 0.3) is 0 Å². The van der Waals surface area contributed by atoms with Crippen molar-refractivity contribution in [2.24, 2.45) is 4.99 Å². The Morgan fingerprint density at radius 1 is 1.29 bits per heavy atom. The summed E-state index contributed by atoms with van der Waals surface area (Å²) in [6, 6.07) is 8.82. The summed E-state index contributed by atoms with van der Waals surface area (Å²) in [5.74, 6) is 1.59. The zero-order chi connectivity index (χ0) is 19.2. The fourth-order valence-electron chi connectivity index (χ4n) is 3.69. The van der Waals surface area contributed by atoms with E-state index in [1.165, 1.54) is 12.0 Å². The Kier molecular flexibility index (Phi) is 8.75. The number of rotatable bonds is 6. The first-order valence-corrected chi connectivity index (χ1v) is 9.85. The lowest BCUT2D eigenvalue weighted by Crippen LogP contribution is -2.43. The van der Waals surface area contributed by atoms with Crippen LogP contribution in [0, 0.1) is 6.92 Å². The number of nitrogens with zero attached hydrogens (tertiary/aromatic N) is 4. The van der Waals surface area contributed by atoms with Gasteiger partial charge in [-0.1, -0.05) is 31.5 Å². The minimum atomic E-state index is 0. The summed E-state index contributed by atoms with van der Waals surface area (Å²) >= 11 is 0. The Morgan fingerprint density at radius 2 is 2.00 bits per heavy atom. The summed E-state index contributed by atoms with van der Waals surface area (Å²) in [4.78, 5) is 13.9. The van der Waals surface area contributed by atoms with Crippen LogP contribution < -0.4 is 5.32 Å². The quantitative estimate of drug-likeness (QED) is 0.374. The number of halogens is 1. The maximum absolute atomic E-state index is 5.65. The number of aliphatic imine (C=N–C) groups is 1. The molecule has 0 amide bonds. The van der Waals surface area contributed by atoms with E-state index in [0.717, 1.165) is 43.4 Å². The van der Waals surface area contributed by atoms with Crippen LogP contribution in [0.1, 0.15) is 31.5 Å². The first-order chi connectivity index (χ1) is 13.1. The second-order valence-electron chi connectivity index (χ2n) is 7.02. The summed E-state index contributed by atoms with van der Waals surface area (Å²) < 4.78 is 5.65. The van der Waals surface area contributed by atoms with Crippen molar-refractivity contribution < 1.29 is 4.42 Å². The molecule has 3 rings (SSSR count). The molecule has 0 aliphatic carbocycles. The van der Waals surface area contributed by atoms with Gasteiger partial charge in [-0.3, -0.25) is 9.89 Å². The minimum Gasteiger partial charge on any atom is -0.444 e. The molecule has 7 heteroatoms. The largest absolute Gasteiger partial charge is 0.444 e. The third kappa shape index (κ3) is 5.47. The van der Waals surface area contributed by atoms with Gasteiger partial charge in [-0.15, -0.1) is 24.0 Å². The van der Waals surface area contributed by atoms with Crippen molar-refractivity contribution in [3.05, 3.63) is 41.8 Å². The molecule has 1 fully saturated rings. The molecule has 1 aromatic heterocycles. The van der Waals surface area contributed by atoms with Gasteiger partial charge in [0.1, 0.15) is 6.26 Å². The first kappa shape index (κ1) is 22.7. The SMILES string of the molecule is CCN(CC)C1CCN(C(=NC)NCc2coc(-c3ccc(C)cc3)n2)C1.I. The van der Waals surface area contributed by atoms with E-state index in [2.05, 4.69) is 58.0 Å². The normalized spacial score (nSPS) is 17.1. The van der Waals surface area contributed by atoms with E-state index in [-0.39, 0.29) is 24.0 Å². The van der Waals surface area contributed by atoms with Crippen molar-refractivity contribution in [1.29, 1.82) is 0 Å². The maximum atomic E-state index is 5.65. The van der Waals surface area contributed by atoms with E-state index in [1.54, 1.807) is 6.26 Å². The number of oxazole rings is 1. The van der Waals surface area contributed by atoms with Gasteiger partial charge in [0.05, 0.1) is 12.2 Å². The number of likely N-dealkylation sites (N-methyl/N-ethyl adjacent to an activating group) is 1. The van der Waals surface area contributed by atoms with Gasteiger partial charge in [-0.05, 0) is 38.6 Å². The van der Waals surface area contributed by atoms with Crippen LogP contribution in [0.4, 0.5) is 0 Å². The molecule has 0 radical (unpaired) electrons. The average Bonchev–Trinajstić information content (AvgIpc) is 3.34. The van der Waals surface area contributed by atoms with Gasteiger partial charge in [-0.25, -0.2) is 4.98 Å². The summed E-state index contributed by atoms with van der Waals surface area (Å²) in [5.41, 5.74) is 3.11. The van der Waals surface area contributed by atoms with E-state index < -0.39 is 0 Å². The van der Waals surface area contributed by atoms with Gasteiger partial charge >= 0.3 is 0 Å². The molecule has 2 aromatic rings. The van der Waals surface area contributed by atoms with Crippen molar-refractivity contribution >= 4 is 29.9 Å². The first-order valence-electron chi connectivity index (χ1n) is 9.85. The molecule has 1 aliphatic heterocycles. The summed E-state index contributed by atoms with van der Waals surface area (Å²) in [6.45, 7) is 11.4. The second kappa shape index (κ2) is 10.8. The second-order valence-corrected chi connectivity index (χ2v) is 7.02. The fraction of sp³-hybridized carbons (Fsp3) is 0.524. The maximum Gasteiger partial charge on any atom is 0.226 e. The van der Waals surface area contributed by atoms with Crippen LogP contribution in [0.5, 0.6) is 0 Å². The monoisotopic (exact) mass is 497 g/mol. The van der Waals surface area contributed by atoms with Crippen LogP contribution in [0.2, 0.25) is 0 Å². The molecule has 1 saturated heterocycles. The van der Waals surface area contributed by atoms with Gasteiger partial charge in [0.15, 0.2) is 5.96 Å². The van der Waals surface area contributed by atoms with E-state index in [4.69, 9.17) is 4.42 Å². The Bertz CT molecular complexity index is 754. The molecule has 2 heterocycles. The standard InChI is InChI=1S/C21H31N5O.HI/c1-5-25(6-2)19-11-12-26(14-19)21(22-4)23-13-18-15-27-20(24-18)17-9-7-16(3)8-10-17;/h7-10,15,19H,5-6,11-14H2,1-4H3,(H,22,23);1H. The third-order valence-electron chi connectivity index (χ3n) is 5.28. The highest BCUT2D eigenvalue weighted by molar-refractivity contribution is 14.0. The van der Waals surface area contributed by atoms with Gasteiger partial charge in [0.2, 0.25) is 5.89 Å². The molecule has 28 heavy (non-hydrogen) atoms. The zero-order valence-corrected chi connectivity index (χ0v) is 19.6. The zero-order valence-electron chi connectivity index (χ0n) is 17.3. The van der Waals surface area contributed by atoms with Crippen LogP contribution in [0.3, 0.4) is 0 Å². The van der Waals surface area contributed by atoms with Crippen molar-refractivity contribution in [2.45, 2.75) is 39.8 Å². The number of hydrogen-bond donors (Lipinski definition) is 1. The lowest BCUT2D eigenvalue weighted by Gasteiger charge is -2.27. The lowest BCUT2D eigenvalue weighted by molar-refractivity contribution is 0.223. The Hall–Kier alpha value is -1.61. The van der Waals surface area contributed by atoms with Crippen molar-refractivity contribution in [3.63, 3.8) is 0 Å². The lowest BCUT2D eigenvalue weighted by atomic mass is 10.1. The molecule has 0 bridgehead atoms. The number of aryl methyl sites for hydroxylation is 1. The molecule has 1 N–H and O–H groups in total. The highest BCUT2D eigenvalue weighted by Crippen LogP contribution is 2.19.